The summed E-state index contributed by atoms with van der Waals surface area (Å²) < 4.78 is 0. The number of carbonyl (C=O) groups is 1. The van der Waals surface area contributed by atoms with Crippen LogP contribution in [-0.2, 0) is 11.2 Å². The maximum Gasteiger partial charge on any atom is 0.250 e. The molecule has 0 spiro atoms. The van der Waals surface area contributed by atoms with E-state index in [-0.39, 0.29) is 5.91 Å². The fourth-order valence-electron chi connectivity index (χ4n) is 1.79. The zero-order valence-corrected chi connectivity index (χ0v) is 13.6. The first-order chi connectivity index (χ1) is 10.8. The molecular formula is C17H17ClN2OS. The Morgan fingerprint density at radius 2 is 1.86 bits per heavy atom. The summed E-state index contributed by atoms with van der Waals surface area (Å²) in [4.78, 5) is 11.7. The van der Waals surface area contributed by atoms with Gasteiger partial charge in [-0.05, 0) is 23.8 Å². The molecule has 1 N–H and O–H groups in total. The highest BCUT2D eigenvalue weighted by atomic mass is 35.5. The van der Waals surface area contributed by atoms with E-state index in [1.807, 2.05) is 36.4 Å². The van der Waals surface area contributed by atoms with E-state index < -0.39 is 0 Å². The maximum absolute atomic E-state index is 11.7. The van der Waals surface area contributed by atoms with Gasteiger partial charge in [0.15, 0.2) is 0 Å². The molecular weight excluding hydrogens is 316 g/mol. The average Bonchev–Trinajstić information content (AvgIpc) is 2.54. The van der Waals surface area contributed by atoms with Crippen molar-refractivity contribution >= 4 is 35.5 Å². The van der Waals surface area contributed by atoms with E-state index in [0.717, 1.165) is 17.7 Å². The number of amides is 1. The molecule has 0 heterocycles. The molecule has 2 rings (SSSR count). The standard InChI is InChI=1S/C17H17ClN2OS/c18-16-9-5-4-8-15(16)12-19-20-17(21)13-22-11-10-14-6-2-1-3-7-14/h1-9,12H,10-11,13H2,(H,20,21)/b19-12-. The van der Waals surface area contributed by atoms with Crippen LogP contribution in [0.4, 0.5) is 0 Å². The van der Waals surface area contributed by atoms with Gasteiger partial charge in [-0.15, -0.1) is 0 Å². The molecule has 0 aliphatic rings. The van der Waals surface area contributed by atoms with Crippen molar-refractivity contribution in [3.8, 4) is 0 Å². The topological polar surface area (TPSA) is 41.5 Å². The summed E-state index contributed by atoms with van der Waals surface area (Å²) in [5.74, 6) is 1.19. The van der Waals surface area contributed by atoms with Gasteiger partial charge >= 0.3 is 0 Å². The van der Waals surface area contributed by atoms with Gasteiger partial charge in [0.25, 0.3) is 0 Å². The third kappa shape index (κ3) is 5.92. The van der Waals surface area contributed by atoms with E-state index in [2.05, 4.69) is 22.7 Å². The van der Waals surface area contributed by atoms with Gasteiger partial charge < -0.3 is 0 Å². The normalized spacial score (nSPS) is 10.8. The maximum atomic E-state index is 11.7. The molecule has 5 heteroatoms. The summed E-state index contributed by atoms with van der Waals surface area (Å²) in [5, 5.41) is 4.53. The highest BCUT2D eigenvalue weighted by Gasteiger charge is 2.00. The Morgan fingerprint density at radius 1 is 1.14 bits per heavy atom. The molecule has 0 aliphatic carbocycles. The molecule has 0 fully saturated rings. The molecule has 2 aromatic carbocycles. The number of hydrogen-bond acceptors (Lipinski definition) is 3. The number of rotatable bonds is 7. The number of hydrogen-bond donors (Lipinski definition) is 1. The Kier molecular flexibility index (Phi) is 7.00. The Bertz CT molecular complexity index is 632. The lowest BCUT2D eigenvalue weighted by Gasteiger charge is -2.02. The Labute approximate surface area is 139 Å². The van der Waals surface area contributed by atoms with Gasteiger partial charge in [-0.1, -0.05) is 60.1 Å². The number of nitrogens with zero attached hydrogens (tertiary/aromatic N) is 1. The second-order valence-electron chi connectivity index (χ2n) is 4.60. The van der Waals surface area contributed by atoms with Crippen molar-refractivity contribution in [1.29, 1.82) is 0 Å². The fourth-order valence-corrected chi connectivity index (χ4v) is 2.74. The smallest absolute Gasteiger partial charge is 0.250 e. The minimum absolute atomic E-state index is 0.110. The molecule has 2 aromatic rings. The third-order valence-electron chi connectivity index (χ3n) is 2.91. The van der Waals surface area contributed by atoms with E-state index in [4.69, 9.17) is 11.6 Å². The Hall–Kier alpha value is -1.78. The van der Waals surface area contributed by atoms with Crippen LogP contribution in [0, 0.1) is 0 Å². The molecule has 0 atom stereocenters. The SMILES string of the molecule is O=C(CSCCc1ccccc1)N/N=C\c1ccccc1Cl. The first-order valence-corrected chi connectivity index (χ1v) is 8.47. The lowest BCUT2D eigenvalue weighted by atomic mass is 10.2. The highest BCUT2D eigenvalue weighted by Crippen LogP contribution is 2.12. The van der Waals surface area contributed by atoms with E-state index in [1.165, 1.54) is 5.56 Å². The lowest BCUT2D eigenvalue weighted by molar-refractivity contribution is -0.118. The summed E-state index contributed by atoms with van der Waals surface area (Å²) >= 11 is 7.59. The van der Waals surface area contributed by atoms with Crippen molar-refractivity contribution in [2.45, 2.75) is 6.42 Å². The summed E-state index contributed by atoms with van der Waals surface area (Å²) in [6.45, 7) is 0. The molecule has 1 amide bonds. The van der Waals surface area contributed by atoms with Crippen molar-refractivity contribution in [2.24, 2.45) is 5.10 Å². The molecule has 0 saturated carbocycles. The summed E-state index contributed by atoms with van der Waals surface area (Å²) in [6.07, 6.45) is 2.51. The summed E-state index contributed by atoms with van der Waals surface area (Å²) in [5.41, 5.74) is 4.57. The highest BCUT2D eigenvalue weighted by molar-refractivity contribution is 7.99. The number of benzene rings is 2. The molecule has 114 valence electrons. The van der Waals surface area contributed by atoms with Crippen molar-refractivity contribution < 1.29 is 4.79 Å². The van der Waals surface area contributed by atoms with Crippen LogP contribution in [0.15, 0.2) is 59.7 Å². The average molecular weight is 333 g/mol. The Morgan fingerprint density at radius 3 is 2.64 bits per heavy atom. The van der Waals surface area contributed by atoms with Crippen molar-refractivity contribution in [3.05, 3.63) is 70.7 Å². The van der Waals surface area contributed by atoms with Crippen molar-refractivity contribution in [1.82, 2.24) is 5.43 Å². The summed E-state index contributed by atoms with van der Waals surface area (Å²) in [7, 11) is 0. The van der Waals surface area contributed by atoms with Crippen LogP contribution in [0.25, 0.3) is 0 Å². The van der Waals surface area contributed by atoms with Gasteiger partial charge in [-0.3, -0.25) is 4.79 Å². The molecule has 22 heavy (non-hydrogen) atoms. The number of halogens is 1. The van der Waals surface area contributed by atoms with Crippen molar-refractivity contribution in [2.75, 3.05) is 11.5 Å². The van der Waals surface area contributed by atoms with Gasteiger partial charge in [0.2, 0.25) is 5.91 Å². The largest absolute Gasteiger partial charge is 0.272 e. The number of aryl methyl sites for hydroxylation is 1. The predicted molar refractivity (Wildman–Crippen MR) is 94.7 cm³/mol. The minimum Gasteiger partial charge on any atom is -0.272 e. The van der Waals surface area contributed by atoms with E-state index in [0.29, 0.717) is 10.8 Å². The summed E-state index contributed by atoms with van der Waals surface area (Å²) in [6, 6.07) is 17.6. The van der Waals surface area contributed by atoms with Gasteiger partial charge in [-0.25, -0.2) is 5.43 Å². The van der Waals surface area contributed by atoms with Gasteiger partial charge in [0.05, 0.1) is 12.0 Å². The fraction of sp³-hybridized carbons (Fsp3) is 0.176. The molecule has 3 nitrogen and oxygen atoms in total. The number of thioether (sulfide) groups is 1. The second-order valence-corrected chi connectivity index (χ2v) is 6.12. The third-order valence-corrected chi connectivity index (χ3v) is 4.21. The zero-order chi connectivity index (χ0) is 15.6. The second kappa shape index (κ2) is 9.28. The molecule has 0 aliphatic heterocycles. The number of carbonyl (C=O) groups excluding carboxylic acids is 1. The molecule has 0 bridgehead atoms. The van der Waals surface area contributed by atoms with Gasteiger partial charge in [0, 0.05) is 10.6 Å². The molecule has 0 unspecified atom stereocenters. The predicted octanol–water partition coefficient (Wildman–Crippen LogP) is 3.77. The van der Waals surface area contributed by atoms with Crippen LogP contribution in [-0.4, -0.2) is 23.6 Å². The van der Waals surface area contributed by atoms with Gasteiger partial charge in [0.1, 0.15) is 0 Å². The lowest BCUT2D eigenvalue weighted by Crippen LogP contribution is -2.20. The number of hydrazone groups is 1. The minimum atomic E-state index is -0.110. The Balaban J connectivity index is 1.65. The van der Waals surface area contributed by atoms with E-state index in [1.54, 1.807) is 24.0 Å². The van der Waals surface area contributed by atoms with E-state index >= 15 is 0 Å². The van der Waals surface area contributed by atoms with E-state index in [9.17, 15) is 4.79 Å². The molecule has 0 aromatic heterocycles. The van der Waals surface area contributed by atoms with Crippen LogP contribution in [0.1, 0.15) is 11.1 Å². The van der Waals surface area contributed by atoms with Crippen LogP contribution in [0.2, 0.25) is 5.02 Å². The first kappa shape index (κ1) is 16.6. The van der Waals surface area contributed by atoms with Gasteiger partial charge in [-0.2, -0.15) is 16.9 Å². The molecule has 0 saturated heterocycles. The zero-order valence-electron chi connectivity index (χ0n) is 12.0. The van der Waals surface area contributed by atoms with Crippen molar-refractivity contribution in [3.63, 3.8) is 0 Å². The quantitative estimate of drug-likeness (QED) is 0.476. The van der Waals surface area contributed by atoms with Crippen LogP contribution in [0.5, 0.6) is 0 Å². The monoisotopic (exact) mass is 332 g/mol. The van der Waals surface area contributed by atoms with Crippen LogP contribution in [0.3, 0.4) is 0 Å². The van der Waals surface area contributed by atoms with Crippen LogP contribution < -0.4 is 5.43 Å². The first-order valence-electron chi connectivity index (χ1n) is 6.94. The molecule has 0 radical (unpaired) electrons. The van der Waals surface area contributed by atoms with Crippen LogP contribution >= 0.6 is 23.4 Å². The number of nitrogens with one attached hydrogen (secondary N) is 1.